The fourth-order valence-electron chi connectivity index (χ4n) is 0.428. The SMILES string of the molecule is C=C(O)C(=O)O.C=C(O)C(=O)O.[Sm][C]1=CC=CC1. The molecule has 0 radical (unpaired) electrons. The van der Waals surface area contributed by atoms with E-state index in [1.165, 1.54) is 6.42 Å². The zero-order chi connectivity index (χ0) is 14.7. The maximum absolute atomic E-state index is 9.35. The molecule has 0 saturated carbocycles. The number of aliphatic hydroxyl groups excluding tert-OH is 2. The molecule has 0 unspecified atom stereocenters. The number of allylic oxidation sites excluding steroid dienone is 4. The van der Waals surface area contributed by atoms with Crippen LogP contribution in [-0.2, 0) is 9.59 Å². The zero-order valence-corrected chi connectivity index (χ0v) is 12.0. The van der Waals surface area contributed by atoms with Gasteiger partial charge in [0, 0.05) is 0 Å². The summed E-state index contributed by atoms with van der Waals surface area (Å²) in [7, 11) is 0. The van der Waals surface area contributed by atoms with Gasteiger partial charge < -0.3 is 20.4 Å². The summed E-state index contributed by atoms with van der Waals surface area (Å²) in [6, 6.07) is 0. The van der Waals surface area contributed by atoms with Crippen molar-refractivity contribution in [2.45, 2.75) is 6.42 Å². The molecule has 1 aliphatic rings. The van der Waals surface area contributed by atoms with E-state index < -0.39 is 23.5 Å². The molecule has 0 amide bonds. The van der Waals surface area contributed by atoms with Crippen molar-refractivity contribution in [2.75, 3.05) is 0 Å². The average molecular weight is 392 g/mol. The van der Waals surface area contributed by atoms with Gasteiger partial charge in [-0.05, 0) is 13.2 Å². The number of carbonyl (C=O) groups is 2. The molecule has 0 saturated heterocycles. The summed E-state index contributed by atoms with van der Waals surface area (Å²) in [6.45, 7) is 5.42. The Morgan fingerprint density at radius 1 is 1.06 bits per heavy atom. The van der Waals surface area contributed by atoms with Crippen LogP contribution in [0.1, 0.15) is 6.42 Å². The number of hydrogen-bond donors (Lipinski definition) is 4. The van der Waals surface area contributed by atoms with Gasteiger partial charge in [-0.1, -0.05) is 0 Å². The molecule has 0 atom stereocenters. The molecule has 0 bridgehead atoms. The van der Waals surface area contributed by atoms with E-state index in [-0.39, 0.29) is 0 Å². The first-order valence-corrected chi connectivity index (χ1v) is 5.74. The summed E-state index contributed by atoms with van der Waals surface area (Å²) in [5.74, 6) is -4.41. The van der Waals surface area contributed by atoms with E-state index in [1.807, 2.05) is 0 Å². The maximum atomic E-state index is 9.35. The second kappa shape index (κ2) is 11.0. The third-order valence-electron chi connectivity index (χ3n) is 1.23. The van der Waals surface area contributed by atoms with Gasteiger partial charge in [0.15, 0.2) is 11.5 Å². The van der Waals surface area contributed by atoms with Gasteiger partial charge in [-0.25, -0.2) is 9.59 Å². The number of hydrogen-bond acceptors (Lipinski definition) is 4. The molecule has 0 spiro atoms. The van der Waals surface area contributed by atoms with E-state index in [9.17, 15) is 9.59 Å². The Hall–Kier alpha value is -1.16. The molecular formula is C11H13O6Sm. The van der Waals surface area contributed by atoms with Gasteiger partial charge in [-0.15, -0.1) is 0 Å². The molecule has 7 heteroatoms. The Morgan fingerprint density at radius 3 is 1.44 bits per heavy atom. The molecule has 0 aromatic carbocycles. The van der Waals surface area contributed by atoms with E-state index >= 15 is 0 Å². The van der Waals surface area contributed by atoms with Crippen molar-refractivity contribution in [1.29, 1.82) is 0 Å². The summed E-state index contributed by atoms with van der Waals surface area (Å²) in [5, 5.41) is 31.0. The van der Waals surface area contributed by atoms with E-state index in [2.05, 4.69) is 31.4 Å². The van der Waals surface area contributed by atoms with Crippen LogP contribution in [0.15, 0.2) is 44.2 Å². The van der Waals surface area contributed by atoms with Crippen LogP contribution in [0.3, 0.4) is 0 Å². The average Bonchev–Trinajstić information content (AvgIpc) is 2.70. The third kappa shape index (κ3) is 14.8. The number of carboxylic acid groups (broad SMARTS) is 2. The quantitative estimate of drug-likeness (QED) is 0.420. The molecule has 4 N–H and O–H groups in total. The van der Waals surface area contributed by atoms with Gasteiger partial charge in [-0.3, -0.25) is 0 Å². The Kier molecular flexibility index (Phi) is 11.7. The Bertz CT molecular complexity index is 346. The van der Waals surface area contributed by atoms with Gasteiger partial charge in [0.1, 0.15) is 0 Å². The van der Waals surface area contributed by atoms with Crippen LogP contribution in [0.2, 0.25) is 0 Å². The number of rotatable bonds is 2. The van der Waals surface area contributed by atoms with Crippen LogP contribution in [-0.4, -0.2) is 32.4 Å². The van der Waals surface area contributed by atoms with Crippen molar-refractivity contribution in [3.8, 4) is 0 Å². The Labute approximate surface area is 130 Å². The van der Waals surface area contributed by atoms with Crippen molar-refractivity contribution in [1.82, 2.24) is 0 Å². The van der Waals surface area contributed by atoms with Crippen LogP contribution in [0.5, 0.6) is 0 Å². The van der Waals surface area contributed by atoms with Crippen LogP contribution < -0.4 is 0 Å². The molecule has 0 heterocycles. The second-order valence-corrected chi connectivity index (χ2v) is 4.45. The normalized spacial score (nSPS) is 11.0. The molecule has 1 rings (SSSR count). The van der Waals surface area contributed by atoms with Crippen LogP contribution in [0.4, 0.5) is 0 Å². The summed E-state index contributed by atoms with van der Waals surface area (Å²) in [4.78, 5) is 18.7. The van der Waals surface area contributed by atoms with E-state index in [0.717, 1.165) is 0 Å². The van der Waals surface area contributed by atoms with Crippen LogP contribution >= 0.6 is 0 Å². The van der Waals surface area contributed by atoms with Gasteiger partial charge in [-0.2, -0.15) is 0 Å². The molecular weight excluding hydrogens is 378 g/mol. The van der Waals surface area contributed by atoms with E-state index in [0.29, 0.717) is 0 Å². The predicted molar refractivity (Wildman–Crippen MR) is 60.6 cm³/mol. The van der Waals surface area contributed by atoms with Crippen molar-refractivity contribution in [3.05, 3.63) is 44.2 Å². The van der Waals surface area contributed by atoms with Crippen molar-refractivity contribution < 1.29 is 68.4 Å². The topological polar surface area (TPSA) is 115 Å². The standard InChI is InChI=1S/C5H5.2C3H4O3.Sm/c1-2-4-5-3-1;2*1-2(4)3(5)6;/h1-3H,4H2;2*4H,1H2,(H,5,6);. The molecule has 0 aromatic rings. The number of aliphatic hydroxyl groups is 2. The van der Waals surface area contributed by atoms with Gasteiger partial charge in [0.2, 0.25) is 0 Å². The minimum atomic E-state index is -1.38. The first-order chi connectivity index (χ1) is 8.18. The molecule has 0 aliphatic heterocycles. The second-order valence-electron chi connectivity index (χ2n) is 2.77. The first-order valence-electron chi connectivity index (χ1n) is 4.43. The van der Waals surface area contributed by atoms with Gasteiger partial charge in [0.25, 0.3) is 0 Å². The van der Waals surface area contributed by atoms with Gasteiger partial charge in [0.05, 0.1) is 0 Å². The van der Waals surface area contributed by atoms with Crippen molar-refractivity contribution >= 4 is 11.9 Å². The molecule has 99 valence electrons. The van der Waals surface area contributed by atoms with Crippen LogP contribution in [0.25, 0.3) is 0 Å². The molecule has 0 aromatic heterocycles. The first kappa shape index (κ1) is 19.2. The summed E-state index contributed by atoms with van der Waals surface area (Å²) in [6.07, 6.45) is 7.68. The van der Waals surface area contributed by atoms with Crippen molar-refractivity contribution in [2.24, 2.45) is 0 Å². The van der Waals surface area contributed by atoms with Crippen molar-refractivity contribution in [3.63, 3.8) is 0 Å². The fourth-order valence-corrected chi connectivity index (χ4v) is 0.988. The molecule has 18 heavy (non-hydrogen) atoms. The van der Waals surface area contributed by atoms with E-state index in [4.69, 9.17) is 20.4 Å². The Morgan fingerprint density at radius 2 is 1.39 bits per heavy atom. The van der Waals surface area contributed by atoms with E-state index in [1.54, 1.807) is 39.6 Å². The van der Waals surface area contributed by atoms with Gasteiger partial charge >= 0.3 is 76.2 Å². The predicted octanol–water partition coefficient (Wildman–Crippen LogP) is 1.66. The number of aliphatic carboxylic acids is 2. The monoisotopic (exact) mass is 393 g/mol. The third-order valence-corrected chi connectivity index (χ3v) is 2.20. The van der Waals surface area contributed by atoms with Crippen LogP contribution in [0, 0.1) is 38.3 Å². The molecule has 6 nitrogen and oxygen atoms in total. The molecule has 0 fully saturated rings. The zero-order valence-electron chi connectivity index (χ0n) is 9.37. The summed E-state index contributed by atoms with van der Waals surface area (Å²) < 4.78 is 1.55. The number of carboxylic acids is 2. The fraction of sp³-hybridized carbons (Fsp3) is 0.0909. The minimum absolute atomic E-state index is 0.824. The Balaban J connectivity index is 0. The molecule has 1 aliphatic carbocycles. The summed E-state index contributed by atoms with van der Waals surface area (Å²) >= 11 is 1.61. The summed E-state index contributed by atoms with van der Waals surface area (Å²) in [5.41, 5.74) is 0.